The second kappa shape index (κ2) is 4.80. The van der Waals surface area contributed by atoms with Crippen LogP contribution < -0.4 is 5.73 Å². The van der Waals surface area contributed by atoms with E-state index in [4.69, 9.17) is 5.73 Å². The molecule has 0 fully saturated rings. The maximum absolute atomic E-state index is 5.74. The van der Waals surface area contributed by atoms with Gasteiger partial charge in [-0.15, -0.1) is 0 Å². The van der Waals surface area contributed by atoms with Gasteiger partial charge in [-0.3, -0.25) is 0 Å². The van der Waals surface area contributed by atoms with Crippen LogP contribution in [0.3, 0.4) is 0 Å². The van der Waals surface area contributed by atoms with Crippen molar-refractivity contribution >= 4 is 0 Å². The van der Waals surface area contributed by atoms with Gasteiger partial charge in [0.25, 0.3) is 0 Å². The van der Waals surface area contributed by atoms with Gasteiger partial charge in [0, 0.05) is 6.04 Å². The number of hydrogen-bond acceptors (Lipinski definition) is 1. The number of benzene rings is 1. The minimum Gasteiger partial charge on any atom is -0.328 e. The molecule has 0 unspecified atom stereocenters. The van der Waals surface area contributed by atoms with Crippen LogP contribution >= 0.6 is 0 Å². The van der Waals surface area contributed by atoms with Crippen LogP contribution in [0.2, 0.25) is 0 Å². The lowest BCUT2D eigenvalue weighted by Gasteiger charge is -2.19. The summed E-state index contributed by atoms with van der Waals surface area (Å²) in [5.74, 6) is 0. The predicted molar refractivity (Wildman–Crippen MR) is 67.1 cm³/mol. The lowest BCUT2D eigenvalue weighted by atomic mass is 9.86. The Labute approximate surface area is 93.7 Å². The zero-order valence-corrected chi connectivity index (χ0v) is 10.4. The zero-order chi connectivity index (χ0) is 11.5. The van der Waals surface area contributed by atoms with E-state index in [2.05, 4.69) is 52.0 Å². The summed E-state index contributed by atoms with van der Waals surface area (Å²) in [5.41, 5.74) is 8.77. The summed E-state index contributed by atoms with van der Waals surface area (Å²) in [4.78, 5) is 0. The molecular weight excluding hydrogens is 182 g/mol. The van der Waals surface area contributed by atoms with Crippen molar-refractivity contribution in [2.24, 2.45) is 5.73 Å². The molecule has 1 aromatic carbocycles. The van der Waals surface area contributed by atoms with Gasteiger partial charge in [-0.2, -0.15) is 0 Å². The summed E-state index contributed by atoms with van der Waals surface area (Å²) in [6, 6.07) is 9.21. The molecule has 0 aliphatic rings. The van der Waals surface area contributed by atoms with Crippen molar-refractivity contribution in [3.63, 3.8) is 0 Å². The molecule has 0 saturated heterocycles. The normalized spacial score (nSPS) is 13.9. The molecule has 1 rings (SSSR count). The Morgan fingerprint density at radius 2 is 1.67 bits per heavy atom. The van der Waals surface area contributed by atoms with E-state index in [0.29, 0.717) is 6.04 Å². The first kappa shape index (κ1) is 12.3. The first-order valence-corrected chi connectivity index (χ1v) is 5.74. The average molecular weight is 205 g/mol. The van der Waals surface area contributed by atoms with Gasteiger partial charge < -0.3 is 5.73 Å². The Morgan fingerprint density at radius 3 is 2.07 bits per heavy atom. The fourth-order valence-electron chi connectivity index (χ4n) is 1.57. The topological polar surface area (TPSA) is 26.0 Å². The van der Waals surface area contributed by atoms with Gasteiger partial charge in [0.1, 0.15) is 0 Å². The first-order chi connectivity index (χ1) is 6.89. The van der Waals surface area contributed by atoms with Gasteiger partial charge in [-0.25, -0.2) is 0 Å². The Balaban J connectivity index is 2.65. The molecule has 1 heteroatoms. The van der Waals surface area contributed by atoms with Gasteiger partial charge in [-0.05, 0) is 36.3 Å². The maximum atomic E-state index is 5.74. The minimum absolute atomic E-state index is 0.250. The van der Waals surface area contributed by atoms with Gasteiger partial charge in [0.15, 0.2) is 0 Å². The first-order valence-electron chi connectivity index (χ1n) is 5.74. The average Bonchev–Trinajstić information content (AvgIpc) is 2.14. The number of rotatable bonds is 3. The molecule has 0 aromatic heterocycles. The smallest absolute Gasteiger partial charge is 0.00136 e. The van der Waals surface area contributed by atoms with Gasteiger partial charge in [0.2, 0.25) is 0 Å². The van der Waals surface area contributed by atoms with E-state index in [1.807, 2.05) is 0 Å². The van der Waals surface area contributed by atoms with Crippen LogP contribution in [0.4, 0.5) is 0 Å². The molecular formula is C14H23N. The van der Waals surface area contributed by atoms with Crippen molar-refractivity contribution in [1.82, 2.24) is 0 Å². The lowest BCUT2D eigenvalue weighted by molar-refractivity contribution is 0.589. The van der Waals surface area contributed by atoms with Crippen LogP contribution in [0.15, 0.2) is 24.3 Å². The zero-order valence-electron chi connectivity index (χ0n) is 10.4. The van der Waals surface area contributed by atoms with E-state index < -0.39 is 0 Å². The van der Waals surface area contributed by atoms with Gasteiger partial charge in [-0.1, -0.05) is 45.0 Å². The highest BCUT2D eigenvalue weighted by molar-refractivity contribution is 5.27. The van der Waals surface area contributed by atoms with Gasteiger partial charge >= 0.3 is 0 Å². The fraction of sp³-hybridized carbons (Fsp3) is 0.571. The van der Waals surface area contributed by atoms with Crippen LogP contribution in [-0.2, 0) is 11.8 Å². The van der Waals surface area contributed by atoms with Crippen LogP contribution in [0.25, 0.3) is 0 Å². The molecule has 0 amide bonds. The highest BCUT2D eigenvalue weighted by Crippen LogP contribution is 2.22. The van der Waals surface area contributed by atoms with E-state index in [1.54, 1.807) is 0 Å². The molecule has 0 heterocycles. The molecule has 0 spiro atoms. The molecule has 1 atom stereocenters. The number of hydrogen-bond donors (Lipinski definition) is 1. The van der Waals surface area contributed by atoms with Crippen molar-refractivity contribution in [2.45, 2.75) is 52.0 Å². The Hall–Kier alpha value is -0.820. The van der Waals surface area contributed by atoms with Gasteiger partial charge in [0.05, 0.1) is 0 Å². The highest BCUT2D eigenvalue weighted by atomic mass is 14.6. The molecule has 0 bridgehead atoms. The lowest BCUT2D eigenvalue weighted by Crippen LogP contribution is -2.15. The summed E-state index contributed by atoms with van der Waals surface area (Å²) >= 11 is 0. The monoisotopic (exact) mass is 205 g/mol. The third kappa shape index (κ3) is 4.05. The molecule has 0 aliphatic heterocycles. The molecule has 84 valence electrons. The molecule has 15 heavy (non-hydrogen) atoms. The molecule has 1 nitrogen and oxygen atoms in total. The second-order valence-corrected chi connectivity index (χ2v) is 5.46. The van der Waals surface area contributed by atoms with E-state index in [0.717, 1.165) is 12.8 Å². The summed E-state index contributed by atoms with van der Waals surface area (Å²) in [7, 11) is 0. The standard InChI is InChI=1S/C14H23N/c1-11(15)5-6-12-7-9-13(10-8-12)14(2,3)4/h7-11H,5-6,15H2,1-4H3/t11-/m1/s1. The number of aryl methyl sites for hydroxylation is 1. The molecule has 1 aromatic rings. The van der Waals surface area contributed by atoms with Crippen molar-refractivity contribution in [3.8, 4) is 0 Å². The van der Waals surface area contributed by atoms with Crippen molar-refractivity contribution in [3.05, 3.63) is 35.4 Å². The van der Waals surface area contributed by atoms with Crippen molar-refractivity contribution < 1.29 is 0 Å². The Kier molecular flexibility index (Phi) is 3.92. The van der Waals surface area contributed by atoms with Crippen LogP contribution in [0.5, 0.6) is 0 Å². The fourth-order valence-corrected chi connectivity index (χ4v) is 1.57. The third-order valence-corrected chi connectivity index (χ3v) is 2.71. The summed E-state index contributed by atoms with van der Waals surface area (Å²) in [6.07, 6.45) is 2.15. The summed E-state index contributed by atoms with van der Waals surface area (Å²) in [5, 5.41) is 0. The highest BCUT2D eigenvalue weighted by Gasteiger charge is 2.12. The summed E-state index contributed by atoms with van der Waals surface area (Å²) in [6.45, 7) is 8.78. The van der Waals surface area contributed by atoms with Crippen molar-refractivity contribution in [1.29, 1.82) is 0 Å². The van der Waals surface area contributed by atoms with Crippen LogP contribution in [0, 0.1) is 0 Å². The SMILES string of the molecule is C[C@@H](N)CCc1ccc(C(C)(C)C)cc1. The molecule has 2 N–H and O–H groups in total. The van der Waals surface area contributed by atoms with Crippen molar-refractivity contribution in [2.75, 3.05) is 0 Å². The third-order valence-electron chi connectivity index (χ3n) is 2.71. The summed E-state index contributed by atoms with van der Waals surface area (Å²) < 4.78 is 0. The Bertz CT molecular complexity index is 290. The predicted octanol–water partition coefficient (Wildman–Crippen LogP) is 3.26. The minimum atomic E-state index is 0.250. The van der Waals surface area contributed by atoms with E-state index >= 15 is 0 Å². The molecule has 0 aliphatic carbocycles. The molecule has 0 radical (unpaired) electrons. The second-order valence-electron chi connectivity index (χ2n) is 5.46. The van der Waals surface area contributed by atoms with Crippen LogP contribution in [0.1, 0.15) is 45.2 Å². The number of nitrogens with two attached hydrogens (primary N) is 1. The molecule has 0 saturated carbocycles. The van der Waals surface area contributed by atoms with Crippen LogP contribution in [-0.4, -0.2) is 6.04 Å². The quantitative estimate of drug-likeness (QED) is 0.805. The van der Waals surface area contributed by atoms with E-state index in [1.165, 1.54) is 11.1 Å². The van der Waals surface area contributed by atoms with E-state index in [-0.39, 0.29) is 5.41 Å². The maximum Gasteiger partial charge on any atom is 0.00136 e. The largest absolute Gasteiger partial charge is 0.328 e. The van der Waals surface area contributed by atoms with E-state index in [9.17, 15) is 0 Å². The Morgan fingerprint density at radius 1 is 1.13 bits per heavy atom.